The van der Waals surface area contributed by atoms with Gasteiger partial charge in [0.1, 0.15) is 17.5 Å². The van der Waals surface area contributed by atoms with E-state index in [0.29, 0.717) is 72.1 Å². The lowest BCUT2D eigenvalue weighted by atomic mass is 9.99. The van der Waals surface area contributed by atoms with Crippen LogP contribution in [0.1, 0.15) is 57.2 Å². The van der Waals surface area contributed by atoms with E-state index in [2.05, 4.69) is 4.98 Å². The van der Waals surface area contributed by atoms with E-state index in [0.717, 1.165) is 12.0 Å². The lowest BCUT2D eigenvalue weighted by Crippen LogP contribution is -2.41. The molecular formula is C36H37FN6O5. The Hall–Kier alpha value is -5.23. The van der Waals surface area contributed by atoms with Gasteiger partial charge in [0.2, 0.25) is 0 Å². The van der Waals surface area contributed by atoms with E-state index in [9.17, 15) is 23.6 Å². The minimum Gasteiger partial charge on any atom is -0.383 e. The largest absolute Gasteiger partial charge is 0.383 e. The van der Waals surface area contributed by atoms with Crippen molar-refractivity contribution in [2.75, 3.05) is 38.3 Å². The zero-order valence-corrected chi connectivity index (χ0v) is 27.0. The van der Waals surface area contributed by atoms with Crippen molar-refractivity contribution in [3.63, 3.8) is 0 Å². The summed E-state index contributed by atoms with van der Waals surface area (Å²) in [5.41, 5.74) is 2.96. The summed E-state index contributed by atoms with van der Waals surface area (Å²) in [6, 6.07) is 16.4. The van der Waals surface area contributed by atoms with E-state index in [4.69, 9.17) is 9.73 Å². The highest BCUT2D eigenvalue weighted by Gasteiger charge is 2.28. The fraction of sp³-hybridized carbons (Fsp3) is 0.333. The predicted octanol–water partition coefficient (Wildman–Crippen LogP) is 4.01. The maximum atomic E-state index is 13.7. The quantitative estimate of drug-likeness (QED) is 0.228. The Bertz CT molecular complexity index is 1980. The molecule has 2 aliphatic rings. The van der Waals surface area contributed by atoms with Crippen molar-refractivity contribution < 1.29 is 18.7 Å². The average molecular weight is 653 g/mol. The SMILES string of the molecule is CCCn1c(=O)c2c(n(CCOC)c1=O)N=C(c1ccc(N(CCCN3CCc4ccccc4C3=O)C(=O)c3ccc(F)cc3)nc1)C2. The number of fused-ring (bicyclic) bond motifs is 2. The van der Waals surface area contributed by atoms with Crippen LogP contribution in [0, 0.1) is 5.82 Å². The highest BCUT2D eigenvalue weighted by molar-refractivity contribution is 6.07. The van der Waals surface area contributed by atoms with Crippen LogP contribution in [0.2, 0.25) is 0 Å². The highest BCUT2D eigenvalue weighted by atomic mass is 19.1. The van der Waals surface area contributed by atoms with Gasteiger partial charge in [0.05, 0.1) is 24.4 Å². The van der Waals surface area contributed by atoms with E-state index in [1.807, 2.05) is 31.2 Å². The molecule has 4 heterocycles. The van der Waals surface area contributed by atoms with Gasteiger partial charge in [0, 0.05) is 62.6 Å². The third-order valence-corrected chi connectivity index (χ3v) is 8.73. The van der Waals surface area contributed by atoms with E-state index in [1.54, 1.807) is 30.3 Å². The molecular weight excluding hydrogens is 615 g/mol. The average Bonchev–Trinajstić information content (AvgIpc) is 3.55. The molecule has 0 aliphatic carbocycles. The second-order valence-electron chi connectivity index (χ2n) is 11.8. The maximum Gasteiger partial charge on any atom is 0.332 e. The summed E-state index contributed by atoms with van der Waals surface area (Å²) in [7, 11) is 1.55. The van der Waals surface area contributed by atoms with Gasteiger partial charge in [-0.25, -0.2) is 19.2 Å². The molecule has 2 aliphatic heterocycles. The number of hydrogen-bond acceptors (Lipinski definition) is 7. The summed E-state index contributed by atoms with van der Waals surface area (Å²) >= 11 is 0. The lowest BCUT2D eigenvalue weighted by Gasteiger charge is -2.29. The number of hydrogen-bond donors (Lipinski definition) is 0. The number of nitrogens with zero attached hydrogens (tertiary/aromatic N) is 6. The Morgan fingerprint density at radius 1 is 0.979 bits per heavy atom. The topological polar surface area (TPSA) is 119 Å². The molecule has 2 amide bonds. The van der Waals surface area contributed by atoms with Crippen molar-refractivity contribution in [2.45, 2.75) is 45.7 Å². The van der Waals surface area contributed by atoms with E-state index < -0.39 is 11.5 Å². The van der Waals surface area contributed by atoms with Crippen LogP contribution >= 0.6 is 0 Å². The van der Waals surface area contributed by atoms with Crippen molar-refractivity contribution in [3.8, 4) is 0 Å². The number of halogens is 1. The lowest BCUT2D eigenvalue weighted by molar-refractivity contribution is 0.0738. The number of pyridine rings is 1. The standard InChI is InChI=1S/C36H37FN6O5/c1-3-16-43-35(46)29-22-30(39-32(29)42(36(43)47)20-21-48-2)26-11-14-31(38-23-26)41(33(44)25-9-12-27(37)13-10-25)18-6-17-40-19-15-24-7-4-5-8-28(24)34(40)45/h4-5,7-14,23H,3,6,15-22H2,1-2H3. The first-order chi connectivity index (χ1) is 23.3. The molecule has 0 bridgehead atoms. The van der Waals surface area contributed by atoms with E-state index >= 15 is 0 Å². The van der Waals surface area contributed by atoms with Crippen LogP contribution in [-0.4, -0.2) is 69.9 Å². The van der Waals surface area contributed by atoms with E-state index in [-0.39, 0.29) is 43.5 Å². The number of amides is 2. The number of methoxy groups -OCH3 is 1. The van der Waals surface area contributed by atoms with Gasteiger partial charge in [0.25, 0.3) is 17.4 Å². The van der Waals surface area contributed by atoms with Crippen LogP contribution in [0.3, 0.4) is 0 Å². The Balaban J connectivity index is 1.24. The molecule has 0 unspecified atom stereocenters. The Kier molecular flexibility index (Phi) is 9.72. The number of benzene rings is 2. The summed E-state index contributed by atoms with van der Waals surface area (Å²) in [5, 5.41) is 0. The molecule has 2 aromatic heterocycles. The van der Waals surface area contributed by atoms with Gasteiger partial charge in [0.15, 0.2) is 0 Å². The van der Waals surface area contributed by atoms with Crippen LogP contribution < -0.4 is 16.1 Å². The van der Waals surface area contributed by atoms with Crippen LogP contribution in [0.25, 0.3) is 0 Å². The van der Waals surface area contributed by atoms with Gasteiger partial charge < -0.3 is 9.64 Å². The number of ether oxygens (including phenoxy) is 1. The number of aliphatic imine (C=N–C) groups is 1. The minimum absolute atomic E-state index is 0.0248. The highest BCUT2D eigenvalue weighted by Crippen LogP contribution is 2.27. The van der Waals surface area contributed by atoms with Crippen LogP contribution in [-0.2, 0) is 30.7 Å². The second-order valence-corrected chi connectivity index (χ2v) is 11.8. The van der Waals surface area contributed by atoms with Gasteiger partial charge >= 0.3 is 5.69 Å². The fourth-order valence-corrected chi connectivity index (χ4v) is 6.23. The normalized spacial score (nSPS) is 13.7. The molecule has 2 aromatic carbocycles. The molecule has 0 fully saturated rings. The fourth-order valence-electron chi connectivity index (χ4n) is 6.23. The van der Waals surface area contributed by atoms with Crippen molar-refractivity contribution >= 4 is 29.2 Å². The third-order valence-electron chi connectivity index (χ3n) is 8.73. The zero-order chi connectivity index (χ0) is 33.8. The molecule has 11 nitrogen and oxygen atoms in total. The molecule has 12 heteroatoms. The van der Waals surface area contributed by atoms with E-state index in [1.165, 1.54) is 38.3 Å². The van der Waals surface area contributed by atoms with Crippen LogP contribution in [0.15, 0.2) is 81.4 Å². The molecule has 0 saturated heterocycles. The first kappa shape index (κ1) is 32.7. The Labute approximate surface area is 276 Å². The second kappa shape index (κ2) is 14.3. The van der Waals surface area contributed by atoms with Crippen LogP contribution in [0.4, 0.5) is 16.0 Å². The number of carbonyl (C=O) groups excluding carboxylic acids is 2. The maximum absolute atomic E-state index is 13.7. The summed E-state index contributed by atoms with van der Waals surface area (Å²) < 4.78 is 21.6. The predicted molar refractivity (Wildman–Crippen MR) is 180 cm³/mol. The summed E-state index contributed by atoms with van der Waals surface area (Å²) in [4.78, 5) is 65.9. The summed E-state index contributed by atoms with van der Waals surface area (Å²) in [6.45, 7) is 4.07. The molecule has 248 valence electrons. The third kappa shape index (κ3) is 6.48. The van der Waals surface area contributed by atoms with Gasteiger partial charge in [-0.3, -0.25) is 28.4 Å². The number of carbonyl (C=O) groups is 2. The van der Waals surface area contributed by atoms with Gasteiger partial charge in [-0.15, -0.1) is 0 Å². The number of aromatic nitrogens is 3. The molecule has 0 saturated carbocycles. The molecule has 0 spiro atoms. The monoisotopic (exact) mass is 652 g/mol. The Morgan fingerprint density at radius 2 is 1.77 bits per heavy atom. The Morgan fingerprint density at radius 3 is 2.50 bits per heavy atom. The van der Waals surface area contributed by atoms with Gasteiger partial charge in [-0.1, -0.05) is 25.1 Å². The van der Waals surface area contributed by atoms with Crippen molar-refractivity contribution in [2.24, 2.45) is 4.99 Å². The van der Waals surface area contributed by atoms with Crippen molar-refractivity contribution in [1.29, 1.82) is 0 Å². The summed E-state index contributed by atoms with van der Waals surface area (Å²) in [6.07, 6.45) is 3.73. The smallest absolute Gasteiger partial charge is 0.332 e. The molecule has 4 aromatic rings. The molecule has 0 atom stereocenters. The summed E-state index contributed by atoms with van der Waals surface area (Å²) in [5.74, 6) is -0.117. The minimum atomic E-state index is -0.447. The molecule has 0 radical (unpaired) electrons. The molecule has 0 N–H and O–H groups in total. The zero-order valence-electron chi connectivity index (χ0n) is 27.0. The van der Waals surface area contributed by atoms with Crippen molar-refractivity contribution in [1.82, 2.24) is 19.0 Å². The molecule has 6 rings (SSSR count). The van der Waals surface area contributed by atoms with Crippen LogP contribution in [0.5, 0.6) is 0 Å². The first-order valence-corrected chi connectivity index (χ1v) is 16.1. The van der Waals surface area contributed by atoms with Gasteiger partial charge in [-0.2, -0.15) is 0 Å². The van der Waals surface area contributed by atoms with Crippen molar-refractivity contribution in [3.05, 3.63) is 121 Å². The van der Waals surface area contributed by atoms with Gasteiger partial charge in [-0.05, 0) is 67.3 Å². The first-order valence-electron chi connectivity index (χ1n) is 16.1. The molecule has 48 heavy (non-hydrogen) atoms. The number of anilines is 1. The number of rotatable bonds is 12.